The maximum Gasteiger partial charge on any atom is 0.192 e. The SMILES string of the molecule is C=CCn1c(SCC(=O)c2cc(C)n(C3CC3)c2C)nnc1-c1ccc(C(C)(C)C)cc1. The third-order valence-corrected chi connectivity index (χ3v) is 7.03. The minimum Gasteiger partial charge on any atom is -0.345 e. The number of aromatic nitrogens is 4. The number of rotatable bonds is 8. The lowest BCUT2D eigenvalue weighted by Gasteiger charge is -2.19. The molecule has 6 heteroatoms. The maximum atomic E-state index is 13.0. The molecule has 32 heavy (non-hydrogen) atoms. The van der Waals surface area contributed by atoms with Gasteiger partial charge in [0.2, 0.25) is 0 Å². The Balaban J connectivity index is 1.53. The third-order valence-electron chi connectivity index (χ3n) is 6.07. The Hall–Kier alpha value is -2.60. The molecule has 168 valence electrons. The molecule has 0 saturated heterocycles. The van der Waals surface area contributed by atoms with Crippen molar-refractivity contribution in [2.24, 2.45) is 0 Å². The normalized spacial score (nSPS) is 14.0. The van der Waals surface area contributed by atoms with Crippen molar-refractivity contribution >= 4 is 17.5 Å². The molecule has 1 aliphatic rings. The van der Waals surface area contributed by atoms with E-state index in [1.165, 1.54) is 35.9 Å². The topological polar surface area (TPSA) is 52.7 Å². The summed E-state index contributed by atoms with van der Waals surface area (Å²) in [6.45, 7) is 15.2. The van der Waals surface area contributed by atoms with Crippen LogP contribution < -0.4 is 0 Å². The number of nitrogens with zero attached hydrogens (tertiary/aromatic N) is 4. The molecule has 2 aromatic heterocycles. The molecule has 1 aliphatic carbocycles. The van der Waals surface area contributed by atoms with Crippen molar-refractivity contribution in [2.75, 3.05) is 5.75 Å². The molecule has 1 fully saturated rings. The Kier molecular flexibility index (Phi) is 6.17. The van der Waals surface area contributed by atoms with Gasteiger partial charge < -0.3 is 4.57 Å². The highest BCUT2D eigenvalue weighted by atomic mass is 32.2. The van der Waals surface area contributed by atoms with Gasteiger partial charge in [-0.15, -0.1) is 16.8 Å². The van der Waals surface area contributed by atoms with Crippen LogP contribution in [0.4, 0.5) is 0 Å². The van der Waals surface area contributed by atoms with E-state index in [4.69, 9.17) is 0 Å². The zero-order chi connectivity index (χ0) is 23.0. The lowest BCUT2D eigenvalue weighted by Crippen LogP contribution is -2.10. The van der Waals surface area contributed by atoms with Crippen molar-refractivity contribution in [1.29, 1.82) is 0 Å². The summed E-state index contributed by atoms with van der Waals surface area (Å²) in [4.78, 5) is 13.0. The smallest absolute Gasteiger partial charge is 0.192 e. The minimum absolute atomic E-state index is 0.101. The zero-order valence-electron chi connectivity index (χ0n) is 19.7. The highest BCUT2D eigenvalue weighted by molar-refractivity contribution is 7.99. The molecule has 0 unspecified atom stereocenters. The predicted molar refractivity (Wildman–Crippen MR) is 132 cm³/mol. The van der Waals surface area contributed by atoms with E-state index in [1.54, 1.807) is 0 Å². The van der Waals surface area contributed by atoms with Crippen molar-refractivity contribution in [3.8, 4) is 11.4 Å². The van der Waals surface area contributed by atoms with Crippen molar-refractivity contribution in [3.63, 3.8) is 0 Å². The maximum absolute atomic E-state index is 13.0. The fraction of sp³-hybridized carbons (Fsp3) is 0.423. The Bertz CT molecular complexity index is 1140. The van der Waals surface area contributed by atoms with Crippen LogP contribution in [0, 0.1) is 13.8 Å². The van der Waals surface area contributed by atoms with Crippen LogP contribution in [0.2, 0.25) is 0 Å². The van der Waals surface area contributed by atoms with Crippen LogP contribution in [0.3, 0.4) is 0 Å². The molecule has 0 radical (unpaired) electrons. The number of hydrogen-bond acceptors (Lipinski definition) is 4. The first-order valence-electron chi connectivity index (χ1n) is 11.2. The van der Waals surface area contributed by atoms with E-state index >= 15 is 0 Å². The van der Waals surface area contributed by atoms with Gasteiger partial charge in [-0.25, -0.2) is 0 Å². The number of allylic oxidation sites excluding steroid dienone is 1. The average Bonchev–Trinajstić information content (AvgIpc) is 3.43. The molecule has 3 aromatic rings. The van der Waals surface area contributed by atoms with Crippen LogP contribution in [-0.2, 0) is 12.0 Å². The zero-order valence-corrected chi connectivity index (χ0v) is 20.5. The van der Waals surface area contributed by atoms with Crippen molar-refractivity contribution in [1.82, 2.24) is 19.3 Å². The third kappa shape index (κ3) is 4.46. The fourth-order valence-electron chi connectivity index (χ4n) is 4.18. The van der Waals surface area contributed by atoms with Crippen molar-refractivity contribution < 1.29 is 4.79 Å². The molecule has 1 saturated carbocycles. The number of hydrogen-bond donors (Lipinski definition) is 0. The molecular weight excluding hydrogens is 416 g/mol. The van der Waals surface area contributed by atoms with Crippen LogP contribution in [-0.4, -0.2) is 30.9 Å². The summed E-state index contributed by atoms with van der Waals surface area (Å²) >= 11 is 1.44. The van der Waals surface area contributed by atoms with Crippen molar-refractivity contribution in [2.45, 2.75) is 70.6 Å². The van der Waals surface area contributed by atoms with Gasteiger partial charge in [0.1, 0.15) is 0 Å². The summed E-state index contributed by atoms with van der Waals surface area (Å²) in [7, 11) is 0. The molecule has 5 nitrogen and oxygen atoms in total. The van der Waals surface area contributed by atoms with E-state index in [1.807, 2.05) is 16.7 Å². The molecule has 0 N–H and O–H groups in total. The molecule has 4 rings (SSSR count). The second-order valence-electron chi connectivity index (χ2n) is 9.63. The first kappa shape index (κ1) is 22.6. The van der Waals surface area contributed by atoms with E-state index in [2.05, 4.69) is 80.2 Å². The monoisotopic (exact) mass is 448 g/mol. The number of carbonyl (C=O) groups excluding carboxylic acids is 1. The number of Topliss-reactive ketones (excluding diaryl/α,β-unsaturated/α-hetero) is 1. The second kappa shape index (κ2) is 8.74. The fourth-order valence-corrected chi connectivity index (χ4v) is 5.01. The van der Waals surface area contributed by atoms with Crippen molar-refractivity contribution in [3.05, 3.63) is 65.5 Å². The number of thioether (sulfide) groups is 1. The van der Waals surface area contributed by atoms with Gasteiger partial charge in [0.15, 0.2) is 16.8 Å². The first-order chi connectivity index (χ1) is 15.2. The van der Waals surface area contributed by atoms with Crippen LogP contribution in [0.15, 0.2) is 48.1 Å². The summed E-state index contributed by atoms with van der Waals surface area (Å²) in [5.41, 5.74) is 5.48. The summed E-state index contributed by atoms with van der Waals surface area (Å²) in [5.74, 6) is 1.28. The van der Waals surface area contributed by atoms with E-state index in [9.17, 15) is 4.79 Å². The van der Waals surface area contributed by atoms with E-state index in [0.29, 0.717) is 18.3 Å². The molecule has 1 aromatic carbocycles. The Labute approximate surface area is 194 Å². The summed E-state index contributed by atoms with van der Waals surface area (Å²) < 4.78 is 4.35. The highest BCUT2D eigenvalue weighted by Crippen LogP contribution is 2.38. The van der Waals surface area contributed by atoms with Gasteiger partial charge in [-0.3, -0.25) is 9.36 Å². The van der Waals surface area contributed by atoms with Crippen LogP contribution in [0.25, 0.3) is 11.4 Å². The number of benzene rings is 1. The van der Waals surface area contributed by atoms with E-state index < -0.39 is 0 Å². The molecule has 0 aliphatic heterocycles. The lowest BCUT2D eigenvalue weighted by molar-refractivity contribution is 0.102. The van der Waals surface area contributed by atoms with Gasteiger partial charge in [-0.1, -0.05) is 62.9 Å². The number of ketones is 1. The number of aryl methyl sites for hydroxylation is 1. The van der Waals surface area contributed by atoms with Gasteiger partial charge >= 0.3 is 0 Å². The molecule has 0 amide bonds. The number of carbonyl (C=O) groups is 1. The van der Waals surface area contributed by atoms with Gasteiger partial charge in [-0.05, 0) is 43.7 Å². The Morgan fingerprint density at radius 3 is 2.47 bits per heavy atom. The standard InChI is InChI=1S/C26H32N4OS/c1-7-14-29-24(19-8-10-20(11-9-19)26(4,5)6)27-28-25(29)32-16-23(31)22-15-17(2)30(18(22)3)21-12-13-21/h7-11,15,21H,1,12-14,16H2,2-6H3. The summed E-state index contributed by atoms with van der Waals surface area (Å²) in [6.07, 6.45) is 4.26. The molecule has 2 heterocycles. The molecular formula is C26H32N4OS. The lowest BCUT2D eigenvalue weighted by atomic mass is 9.87. The largest absolute Gasteiger partial charge is 0.345 e. The molecule has 0 bridgehead atoms. The first-order valence-corrected chi connectivity index (χ1v) is 12.2. The van der Waals surface area contributed by atoms with E-state index in [-0.39, 0.29) is 11.2 Å². The van der Waals surface area contributed by atoms with Gasteiger partial charge in [0, 0.05) is 35.1 Å². The highest BCUT2D eigenvalue weighted by Gasteiger charge is 2.28. The second-order valence-corrected chi connectivity index (χ2v) is 10.6. The van der Waals surface area contributed by atoms with Crippen LogP contribution >= 0.6 is 11.8 Å². The summed E-state index contributed by atoms with van der Waals surface area (Å²) in [5, 5.41) is 9.59. The van der Waals surface area contributed by atoms with Gasteiger partial charge in [-0.2, -0.15) is 0 Å². The van der Waals surface area contributed by atoms with Crippen LogP contribution in [0.5, 0.6) is 0 Å². The van der Waals surface area contributed by atoms with Gasteiger partial charge in [0.05, 0.1) is 5.75 Å². The summed E-state index contributed by atoms with van der Waals surface area (Å²) in [6, 6.07) is 11.1. The van der Waals surface area contributed by atoms with Gasteiger partial charge in [0.25, 0.3) is 0 Å². The Morgan fingerprint density at radius 2 is 1.88 bits per heavy atom. The molecule has 0 spiro atoms. The average molecular weight is 449 g/mol. The quantitative estimate of drug-likeness (QED) is 0.235. The predicted octanol–water partition coefficient (Wildman–Crippen LogP) is 6.16. The Morgan fingerprint density at radius 1 is 1.19 bits per heavy atom. The van der Waals surface area contributed by atoms with Crippen LogP contribution in [0.1, 0.15) is 67.0 Å². The van der Waals surface area contributed by atoms with E-state index in [0.717, 1.165) is 27.8 Å². The minimum atomic E-state index is 0.101. The molecule has 0 atom stereocenters.